The first-order valence-corrected chi connectivity index (χ1v) is 10.7. The van der Waals surface area contributed by atoms with Crippen molar-refractivity contribution in [1.29, 1.82) is 0 Å². The van der Waals surface area contributed by atoms with Gasteiger partial charge in [0.25, 0.3) is 0 Å². The normalized spacial score (nSPS) is 12.0. The molecule has 0 aromatic heterocycles. The van der Waals surface area contributed by atoms with Crippen molar-refractivity contribution in [2.24, 2.45) is 0 Å². The molecule has 4 rings (SSSR count). The van der Waals surface area contributed by atoms with Crippen LogP contribution in [-0.2, 0) is 12.6 Å². The van der Waals surface area contributed by atoms with E-state index in [4.69, 9.17) is 0 Å². The van der Waals surface area contributed by atoms with Crippen LogP contribution in [0.4, 0.5) is 17.6 Å². The van der Waals surface area contributed by atoms with Gasteiger partial charge < -0.3 is 0 Å². The van der Waals surface area contributed by atoms with E-state index in [1.165, 1.54) is 42.7 Å². The van der Waals surface area contributed by atoms with Gasteiger partial charge in [-0.1, -0.05) is 74.7 Å². The largest absolute Gasteiger partial charge is 0.419 e. The van der Waals surface area contributed by atoms with Crippen molar-refractivity contribution in [3.05, 3.63) is 83.7 Å². The number of fused-ring (bicyclic) bond motifs is 3. The van der Waals surface area contributed by atoms with Crippen LogP contribution in [0.5, 0.6) is 0 Å². The highest BCUT2D eigenvalue weighted by Gasteiger charge is 2.33. The topological polar surface area (TPSA) is 0 Å². The van der Waals surface area contributed by atoms with Gasteiger partial charge in [0, 0.05) is 0 Å². The molecule has 0 N–H and O–H groups in total. The molecule has 0 spiro atoms. The van der Waals surface area contributed by atoms with Crippen LogP contribution in [-0.4, -0.2) is 0 Å². The average Bonchev–Trinajstić information content (AvgIpc) is 2.75. The minimum Gasteiger partial charge on any atom is -0.206 e. The molecule has 0 saturated heterocycles. The molecule has 0 aliphatic rings. The first kappa shape index (κ1) is 21.4. The van der Waals surface area contributed by atoms with E-state index in [9.17, 15) is 17.6 Å². The summed E-state index contributed by atoms with van der Waals surface area (Å²) >= 11 is 0. The second-order valence-electron chi connectivity index (χ2n) is 8.06. The van der Waals surface area contributed by atoms with E-state index in [1.807, 2.05) is 24.3 Å². The molecule has 0 bridgehead atoms. The summed E-state index contributed by atoms with van der Waals surface area (Å²) in [5.41, 5.74) is 1.20. The fourth-order valence-corrected chi connectivity index (χ4v) is 4.14. The van der Waals surface area contributed by atoms with E-state index < -0.39 is 17.6 Å². The van der Waals surface area contributed by atoms with E-state index >= 15 is 0 Å². The molecule has 4 aromatic rings. The third-order valence-electron chi connectivity index (χ3n) is 5.83. The second-order valence-corrected chi connectivity index (χ2v) is 8.06. The predicted octanol–water partition coefficient (Wildman–Crippen LogP) is 8.94. The van der Waals surface area contributed by atoms with Crippen LogP contribution in [0.1, 0.15) is 43.7 Å². The number of hydrogen-bond acceptors (Lipinski definition) is 0. The SMILES string of the molecule is CCCCCCc1ccc2c(ccc3cc(-c4ccc(C(F)(F)F)c(F)c4)ccc32)c1. The van der Waals surface area contributed by atoms with Crippen molar-refractivity contribution in [2.75, 3.05) is 0 Å². The van der Waals surface area contributed by atoms with Crippen molar-refractivity contribution in [3.8, 4) is 11.1 Å². The maximum absolute atomic E-state index is 14.0. The quantitative estimate of drug-likeness (QED) is 0.165. The summed E-state index contributed by atoms with van der Waals surface area (Å²) in [5.74, 6) is -1.25. The van der Waals surface area contributed by atoms with Gasteiger partial charge in [0.05, 0.1) is 5.56 Å². The molecule has 0 fully saturated rings. The zero-order valence-corrected chi connectivity index (χ0v) is 17.4. The molecule has 0 radical (unpaired) electrons. The van der Waals surface area contributed by atoms with Crippen molar-refractivity contribution in [1.82, 2.24) is 0 Å². The number of alkyl halides is 3. The summed E-state index contributed by atoms with van der Waals surface area (Å²) in [4.78, 5) is 0. The van der Waals surface area contributed by atoms with E-state index in [-0.39, 0.29) is 0 Å². The summed E-state index contributed by atoms with van der Waals surface area (Å²) in [7, 11) is 0. The monoisotopic (exact) mass is 424 g/mol. The van der Waals surface area contributed by atoms with E-state index in [2.05, 4.69) is 31.2 Å². The van der Waals surface area contributed by atoms with Crippen LogP contribution >= 0.6 is 0 Å². The Morgan fingerprint density at radius 1 is 0.677 bits per heavy atom. The van der Waals surface area contributed by atoms with Gasteiger partial charge in [-0.3, -0.25) is 0 Å². The van der Waals surface area contributed by atoms with Gasteiger partial charge in [0.2, 0.25) is 0 Å². The van der Waals surface area contributed by atoms with E-state index in [0.717, 1.165) is 34.7 Å². The molecular weight excluding hydrogens is 400 g/mol. The highest BCUT2D eigenvalue weighted by Crippen LogP contribution is 2.35. The van der Waals surface area contributed by atoms with Gasteiger partial charge in [0.1, 0.15) is 5.82 Å². The highest BCUT2D eigenvalue weighted by atomic mass is 19.4. The van der Waals surface area contributed by atoms with Crippen molar-refractivity contribution >= 4 is 21.5 Å². The van der Waals surface area contributed by atoms with Crippen LogP contribution in [0.25, 0.3) is 32.7 Å². The molecule has 160 valence electrons. The van der Waals surface area contributed by atoms with Crippen LogP contribution in [0.3, 0.4) is 0 Å². The van der Waals surface area contributed by atoms with Gasteiger partial charge >= 0.3 is 6.18 Å². The second kappa shape index (κ2) is 8.70. The predicted molar refractivity (Wildman–Crippen MR) is 120 cm³/mol. The summed E-state index contributed by atoms with van der Waals surface area (Å²) < 4.78 is 52.5. The molecule has 4 heteroatoms. The van der Waals surface area contributed by atoms with Crippen LogP contribution in [0.15, 0.2) is 66.7 Å². The first-order valence-electron chi connectivity index (χ1n) is 10.7. The minimum absolute atomic E-state index is 0.426. The van der Waals surface area contributed by atoms with Crippen molar-refractivity contribution in [2.45, 2.75) is 45.2 Å². The van der Waals surface area contributed by atoms with Gasteiger partial charge in [-0.15, -0.1) is 0 Å². The van der Waals surface area contributed by atoms with Crippen molar-refractivity contribution < 1.29 is 17.6 Å². The molecule has 0 unspecified atom stereocenters. The molecule has 31 heavy (non-hydrogen) atoms. The standard InChI is InChI=1S/C27H24F4/c1-2-3-4-5-6-18-7-12-23-21(15-18)8-9-22-16-19(10-13-24(22)23)20-11-14-25(26(28)17-20)27(29,30)31/h7-17H,2-6H2,1H3. The lowest BCUT2D eigenvalue weighted by Crippen LogP contribution is -2.07. The fourth-order valence-electron chi connectivity index (χ4n) is 4.14. The molecule has 0 nitrogen and oxygen atoms in total. The summed E-state index contributed by atoms with van der Waals surface area (Å²) in [5, 5.41) is 4.36. The molecule has 0 amide bonds. The van der Waals surface area contributed by atoms with Crippen LogP contribution < -0.4 is 0 Å². The molecular formula is C27H24F4. The molecule has 0 atom stereocenters. The number of halogens is 4. The average molecular weight is 424 g/mol. The Morgan fingerprint density at radius 2 is 1.32 bits per heavy atom. The maximum Gasteiger partial charge on any atom is 0.419 e. The number of hydrogen-bond donors (Lipinski definition) is 0. The third kappa shape index (κ3) is 4.58. The highest BCUT2D eigenvalue weighted by molar-refractivity contribution is 6.08. The number of rotatable bonds is 6. The Labute approximate surface area is 179 Å². The third-order valence-corrected chi connectivity index (χ3v) is 5.83. The lowest BCUT2D eigenvalue weighted by Gasteiger charge is -2.11. The zero-order valence-electron chi connectivity index (χ0n) is 17.4. The Hall–Kier alpha value is -2.88. The number of aryl methyl sites for hydroxylation is 1. The molecule has 0 saturated carbocycles. The number of benzene rings is 4. The Morgan fingerprint density at radius 3 is 2.00 bits per heavy atom. The van der Waals surface area contributed by atoms with Crippen molar-refractivity contribution in [3.63, 3.8) is 0 Å². The molecule has 0 aliphatic heterocycles. The van der Waals surface area contributed by atoms with Gasteiger partial charge in [0.15, 0.2) is 0 Å². The Balaban J connectivity index is 1.65. The number of unbranched alkanes of at least 4 members (excludes halogenated alkanes) is 3. The van der Waals surface area contributed by atoms with Gasteiger partial charge in [-0.25, -0.2) is 4.39 Å². The minimum atomic E-state index is -4.69. The zero-order chi connectivity index (χ0) is 22.0. The van der Waals surface area contributed by atoms with Gasteiger partial charge in [-0.05, 0) is 69.3 Å². The molecule has 0 aliphatic carbocycles. The Kier molecular flexibility index (Phi) is 5.99. The lowest BCUT2D eigenvalue weighted by molar-refractivity contribution is -0.139. The Bertz CT molecular complexity index is 1220. The van der Waals surface area contributed by atoms with E-state index in [1.54, 1.807) is 0 Å². The maximum atomic E-state index is 14.0. The first-order chi connectivity index (χ1) is 14.9. The fraction of sp³-hybridized carbons (Fsp3) is 0.259. The molecule has 0 heterocycles. The van der Waals surface area contributed by atoms with Crippen LogP contribution in [0, 0.1) is 5.82 Å². The summed E-state index contributed by atoms with van der Waals surface area (Å²) in [6.45, 7) is 2.21. The van der Waals surface area contributed by atoms with Gasteiger partial charge in [-0.2, -0.15) is 13.2 Å². The summed E-state index contributed by atoms with van der Waals surface area (Å²) in [6.07, 6.45) is 1.32. The molecule has 4 aromatic carbocycles. The smallest absolute Gasteiger partial charge is 0.206 e. The summed E-state index contributed by atoms with van der Waals surface area (Å²) in [6, 6.07) is 19.4. The van der Waals surface area contributed by atoms with Crippen LogP contribution in [0.2, 0.25) is 0 Å². The lowest BCUT2D eigenvalue weighted by atomic mass is 9.95. The van der Waals surface area contributed by atoms with E-state index in [0.29, 0.717) is 11.1 Å².